The lowest BCUT2D eigenvalue weighted by atomic mass is 10.1. The van der Waals surface area contributed by atoms with E-state index in [-0.39, 0.29) is 11.1 Å². The molecule has 1 saturated heterocycles. The number of hydrogen-bond acceptors (Lipinski definition) is 3. The molecule has 1 fully saturated rings. The fourth-order valence-electron chi connectivity index (χ4n) is 2.66. The average molecular weight is 253 g/mol. The third-order valence-electron chi connectivity index (χ3n) is 3.53. The molecule has 1 aliphatic carbocycles. The van der Waals surface area contributed by atoms with Crippen molar-refractivity contribution in [3.63, 3.8) is 0 Å². The highest BCUT2D eigenvalue weighted by atomic mass is 16.4. The van der Waals surface area contributed by atoms with E-state index in [9.17, 15) is 14.4 Å². The normalized spacial score (nSPS) is 23.6. The number of hydrogen-bond donors (Lipinski definition) is 2. The van der Waals surface area contributed by atoms with Crippen molar-refractivity contribution in [2.45, 2.75) is 38.1 Å². The van der Waals surface area contributed by atoms with Gasteiger partial charge in [0.25, 0.3) is 5.91 Å². The summed E-state index contributed by atoms with van der Waals surface area (Å²) in [6.45, 7) is 0.395. The Hall–Kier alpha value is -1.85. The quantitative estimate of drug-likeness (QED) is 0.769. The predicted molar refractivity (Wildman–Crippen MR) is 60.9 cm³/mol. The first-order valence-corrected chi connectivity index (χ1v) is 6.01. The third kappa shape index (κ3) is 2.10. The van der Waals surface area contributed by atoms with Gasteiger partial charge in [0.15, 0.2) is 0 Å². The van der Waals surface area contributed by atoms with E-state index in [1.807, 2.05) is 0 Å². The van der Waals surface area contributed by atoms with Gasteiger partial charge in [0.05, 0.1) is 0 Å². The van der Waals surface area contributed by atoms with Crippen molar-refractivity contribution < 1.29 is 24.6 Å². The monoisotopic (exact) mass is 253 g/mol. The summed E-state index contributed by atoms with van der Waals surface area (Å²) in [6.07, 6.45) is 2.56. The number of carboxylic acid groups (broad SMARTS) is 2. The topological polar surface area (TPSA) is 94.9 Å². The molecule has 0 spiro atoms. The zero-order chi connectivity index (χ0) is 13.3. The molecule has 0 saturated carbocycles. The summed E-state index contributed by atoms with van der Waals surface area (Å²) in [5.41, 5.74) is 0.437. The lowest BCUT2D eigenvalue weighted by Crippen LogP contribution is -2.41. The van der Waals surface area contributed by atoms with Crippen molar-refractivity contribution >= 4 is 17.8 Å². The van der Waals surface area contributed by atoms with Gasteiger partial charge in [-0.1, -0.05) is 0 Å². The van der Waals surface area contributed by atoms with Crippen LogP contribution in [0.2, 0.25) is 0 Å². The Morgan fingerprint density at radius 2 is 1.72 bits per heavy atom. The van der Waals surface area contributed by atoms with Gasteiger partial charge in [0.1, 0.15) is 6.04 Å². The fourth-order valence-corrected chi connectivity index (χ4v) is 2.66. The first-order chi connectivity index (χ1) is 8.52. The molecule has 6 heteroatoms. The van der Waals surface area contributed by atoms with Crippen LogP contribution < -0.4 is 0 Å². The van der Waals surface area contributed by atoms with Crippen LogP contribution in [0.1, 0.15) is 32.1 Å². The summed E-state index contributed by atoms with van der Waals surface area (Å²) < 4.78 is 0. The van der Waals surface area contributed by atoms with Gasteiger partial charge in [-0.2, -0.15) is 0 Å². The highest BCUT2D eigenvalue weighted by molar-refractivity contribution is 6.04. The molecule has 1 aliphatic heterocycles. The van der Waals surface area contributed by atoms with E-state index in [0.717, 1.165) is 0 Å². The highest BCUT2D eigenvalue weighted by Crippen LogP contribution is 2.30. The lowest BCUT2D eigenvalue weighted by molar-refractivity contribution is -0.146. The molecule has 0 aromatic rings. The molecule has 18 heavy (non-hydrogen) atoms. The molecule has 1 atom stereocenters. The zero-order valence-corrected chi connectivity index (χ0v) is 9.89. The summed E-state index contributed by atoms with van der Waals surface area (Å²) >= 11 is 0. The van der Waals surface area contributed by atoms with Crippen LogP contribution in [-0.2, 0) is 14.4 Å². The van der Waals surface area contributed by atoms with Gasteiger partial charge in [-0.25, -0.2) is 9.59 Å². The minimum atomic E-state index is -1.07. The van der Waals surface area contributed by atoms with Gasteiger partial charge in [0.2, 0.25) is 0 Å². The molecule has 1 amide bonds. The van der Waals surface area contributed by atoms with E-state index in [0.29, 0.717) is 38.6 Å². The van der Waals surface area contributed by atoms with Crippen molar-refractivity contribution in [3.05, 3.63) is 11.1 Å². The molecule has 2 N–H and O–H groups in total. The van der Waals surface area contributed by atoms with Crippen molar-refractivity contribution in [3.8, 4) is 0 Å². The molecule has 6 nitrogen and oxygen atoms in total. The second-order valence-corrected chi connectivity index (χ2v) is 4.61. The molecule has 0 aromatic heterocycles. The van der Waals surface area contributed by atoms with E-state index in [1.54, 1.807) is 0 Å². The SMILES string of the molecule is O=C(O)C1=C(C(=O)N2CCC[C@H]2C(=O)O)CCC1. The summed E-state index contributed by atoms with van der Waals surface area (Å²) in [5, 5.41) is 18.0. The summed E-state index contributed by atoms with van der Waals surface area (Å²) in [5.74, 6) is -2.49. The Kier molecular flexibility index (Phi) is 3.36. The molecular formula is C12H15NO5. The second-order valence-electron chi connectivity index (χ2n) is 4.61. The molecule has 1 heterocycles. The van der Waals surface area contributed by atoms with Crippen LogP contribution in [-0.4, -0.2) is 45.5 Å². The molecule has 2 aliphatic rings. The van der Waals surface area contributed by atoms with E-state index in [1.165, 1.54) is 4.90 Å². The highest BCUT2D eigenvalue weighted by Gasteiger charge is 2.37. The molecule has 0 radical (unpaired) electrons. The number of carbonyl (C=O) groups excluding carboxylic acids is 1. The Morgan fingerprint density at radius 1 is 1.06 bits per heavy atom. The molecule has 0 unspecified atom stereocenters. The van der Waals surface area contributed by atoms with Crippen molar-refractivity contribution in [2.24, 2.45) is 0 Å². The van der Waals surface area contributed by atoms with Gasteiger partial charge in [0, 0.05) is 17.7 Å². The standard InChI is InChI=1S/C12H15NO5/c14-10(7-3-1-4-8(7)11(15)16)13-6-2-5-9(13)12(17)18/h9H,1-6H2,(H,15,16)(H,17,18)/t9-/m0/s1. The Labute approximate surface area is 104 Å². The maximum atomic E-state index is 12.2. The minimum Gasteiger partial charge on any atom is -0.480 e. The minimum absolute atomic E-state index is 0.149. The van der Waals surface area contributed by atoms with Crippen molar-refractivity contribution in [1.82, 2.24) is 4.90 Å². The predicted octanol–water partition coefficient (Wildman–Crippen LogP) is 0.627. The summed E-state index contributed by atoms with van der Waals surface area (Å²) in [7, 11) is 0. The Bertz CT molecular complexity index is 440. The maximum Gasteiger partial charge on any atom is 0.332 e. The summed E-state index contributed by atoms with van der Waals surface area (Å²) in [4.78, 5) is 35.5. The van der Waals surface area contributed by atoms with Crippen LogP contribution in [0.15, 0.2) is 11.1 Å². The maximum absolute atomic E-state index is 12.2. The van der Waals surface area contributed by atoms with Gasteiger partial charge in [-0.05, 0) is 32.1 Å². The van der Waals surface area contributed by atoms with Crippen molar-refractivity contribution in [1.29, 1.82) is 0 Å². The first-order valence-electron chi connectivity index (χ1n) is 6.01. The van der Waals surface area contributed by atoms with E-state index < -0.39 is 23.9 Å². The van der Waals surface area contributed by atoms with Crippen LogP contribution >= 0.6 is 0 Å². The number of amides is 1. The zero-order valence-electron chi connectivity index (χ0n) is 9.89. The van der Waals surface area contributed by atoms with Crippen LogP contribution in [0.5, 0.6) is 0 Å². The largest absolute Gasteiger partial charge is 0.480 e. The van der Waals surface area contributed by atoms with Crippen LogP contribution in [0, 0.1) is 0 Å². The number of carbonyl (C=O) groups is 3. The Balaban J connectivity index is 2.23. The van der Waals surface area contributed by atoms with E-state index in [2.05, 4.69) is 0 Å². The van der Waals surface area contributed by atoms with Crippen LogP contribution in [0.4, 0.5) is 0 Å². The number of likely N-dealkylation sites (tertiary alicyclic amines) is 1. The van der Waals surface area contributed by atoms with Crippen LogP contribution in [0.3, 0.4) is 0 Å². The average Bonchev–Trinajstić information content (AvgIpc) is 2.97. The van der Waals surface area contributed by atoms with Gasteiger partial charge < -0.3 is 15.1 Å². The molecular weight excluding hydrogens is 238 g/mol. The van der Waals surface area contributed by atoms with Crippen molar-refractivity contribution in [2.75, 3.05) is 6.54 Å². The molecule has 2 rings (SSSR count). The Morgan fingerprint density at radius 3 is 2.33 bits per heavy atom. The first kappa shape index (κ1) is 12.6. The number of carboxylic acids is 2. The van der Waals surface area contributed by atoms with E-state index >= 15 is 0 Å². The van der Waals surface area contributed by atoms with Gasteiger partial charge in [-0.15, -0.1) is 0 Å². The number of aliphatic carboxylic acids is 2. The molecule has 0 bridgehead atoms. The van der Waals surface area contributed by atoms with Gasteiger partial charge >= 0.3 is 11.9 Å². The van der Waals surface area contributed by atoms with Gasteiger partial charge in [-0.3, -0.25) is 4.79 Å². The number of rotatable bonds is 3. The van der Waals surface area contributed by atoms with E-state index in [4.69, 9.17) is 10.2 Å². The lowest BCUT2D eigenvalue weighted by Gasteiger charge is -2.22. The van der Waals surface area contributed by atoms with Crippen LogP contribution in [0.25, 0.3) is 0 Å². The molecule has 0 aromatic carbocycles. The fraction of sp³-hybridized carbons (Fsp3) is 0.583. The number of nitrogens with zero attached hydrogens (tertiary/aromatic N) is 1. The summed E-state index contributed by atoms with van der Waals surface area (Å²) in [6, 6.07) is -0.805. The third-order valence-corrected chi connectivity index (χ3v) is 3.53. The smallest absolute Gasteiger partial charge is 0.332 e. The molecule has 98 valence electrons. The second kappa shape index (κ2) is 4.80.